The number of hydrogen-bond acceptors (Lipinski definition) is 6. The monoisotopic (exact) mass is 493 g/mol. The van der Waals surface area contributed by atoms with E-state index in [0.29, 0.717) is 34.9 Å². The molecule has 8 nitrogen and oxygen atoms in total. The first-order valence-electron chi connectivity index (χ1n) is 11.3. The van der Waals surface area contributed by atoms with E-state index >= 15 is 0 Å². The fourth-order valence-corrected chi connectivity index (χ4v) is 3.87. The van der Waals surface area contributed by atoms with Gasteiger partial charge >= 0.3 is 0 Å². The number of aryl methyl sites for hydroxylation is 1. The molecule has 0 bridgehead atoms. The van der Waals surface area contributed by atoms with Gasteiger partial charge in [0.2, 0.25) is 0 Å². The summed E-state index contributed by atoms with van der Waals surface area (Å²) in [5, 5.41) is 25.4. The number of nitro benzene ring substituents is 1. The third-order valence-electron chi connectivity index (χ3n) is 5.80. The number of ether oxygens (including phenoxy) is 2. The quantitative estimate of drug-likeness (QED) is 0.135. The van der Waals surface area contributed by atoms with E-state index in [1.807, 2.05) is 48.5 Å². The zero-order valence-electron chi connectivity index (χ0n) is 20.2. The summed E-state index contributed by atoms with van der Waals surface area (Å²) in [7, 11) is 1.52. The molecular formula is C29H23N3O5. The number of hydrogen-bond donors (Lipinski definition) is 1. The minimum Gasteiger partial charge on any atom is -0.493 e. The highest BCUT2D eigenvalue weighted by atomic mass is 16.6. The summed E-state index contributed by atoms with van der Waals surface area (Å²) in [6.45, 7) is 1.98. The van der Waals surface area contributed by atoms with Crippen molar-refractivity contribution in [1.82, 2.24) is 0 Å². The van der Waals surface area contributed by atoms with Crippen LogP contribution in [-0.4, -0.2) is 17.9 Å². The Labute approximate surface area is 213 Å². The van der Waals surface area contributed by atoms with Gasteiger partial charge in [-0.05, 0) is 58.7 Å². The Morgan fingerprint density at radius 3 is 2.57 bits per heavy atom. The first-order valence-corrected chi connectivity index (χ1v) is 11.3. The molecule has 0 fully saturated rings. The van der Waals surface area contributed by atoms with Crippen LogP contribution in [-0.2, 0) is 11.4 Å². The number of benzene rings is 4. The van der Waals surface area contributed by atoms with E-state index in [0.717, 1.165) is 16.3 Å². The van der Waals surface area contributed by atoms with Crippen LogP contribution in [0.1, 0.15) is 16.7 Å². The molecule has 1 N–H and O–H groups in total. The van der Waals surface area contributed by atoms with Gasteiger partial charge in [0, 0.05) is 17.8 Å². The Balaban J connectivity index is 1.51. The molecule has 0 radical (unpaired) electrons. The molecule has 184 valence electrons. The third kappa shape index (κ3) is 5.74. The van der Waals surface area contributed by atoms with Crippen molar-refractivity contribution in [1.29, 1.82) is 5.26 Å². The standard InChI is InChI=1S/C29H23N3O5/c1-19-14-24(32(34)35)11-12-26(19)31-29(33)23(17-30)15-20-10-13-27(28(16-20)36-2)37-18-22-8-5-7-21-6-3-4-9-25(21)22/h3-16H,18H2,1-2H3,(H,31,33). The molecule has 4 aromatic carbocycles. The summed E-state index contributed by atoms with van der Waals surface area (Å²) in [6, 6.07) is 25.2. The molecule has 0 aliphatic heterocycles. The van der Waals surface area contributed by atoms with E-state index in [1.165, 1.54) is 31.4 Å². The minimum atomic E-state index is -0.630. The van der Waals surface area contributed by atoms with Gasteiger partial charge in [0.15, 0.2) is 11.5 Å². The number of nitrogens with zero attached hydrogens (tertiary/aromatic N) is 2. The maximum absolute atomic E-state index is 12.7. The predicted molar refractivity (Wildman–Crippen MR) is 141 cm³/mol. The average molecular weight is 494 g/mol. The van der Waals surface area contributed by atoms with Gasteiger partial charge in [0.25, 0.3) is 11.6 Å². The van der Waals surface area contributed by atoms with Crippen molar-refractivity contribution in [2.75, 3.05) is 12.4 Å². The Morgan fingerprint density at radius 1 is 1.05 bits per heavy atom. The number of nitriles is 1. The molecule has 4 aromatic rings. The molecule has 0 saturated carbocycles. The smallest absolute Gasteiger partial charge is 0.269 e. The van der Waals surface area contributed by atoms with E-state index < -0.39 is 10.8 Å². The fourth-order valence-electron chi connectivity index (χ4n) is 3.87. The zero-order valence-corrected chi connectivity index (χ0v) is 20.2. The van der Waals surface area contributed by atoms with E-state index in [9.17, 15) is 20.2 Å². The minimum absolute atomic E-state index is 0.0820. The van der Waals surface area contributed by atoms with Gasteiger partial charge in [0.1, 0.15) is 18.2 Å². The van der Waals surface area contributed by atoms with Crippen LogP contribution >= 0.6 is 0 Å². The van der Waals surface area contributed by atoms with Crippen LogP contribution in [0.2, 0.25) is 0 Å². The molecule has 0 atom stereocenters. The first kappa shape index (κ1) is 24.9. The van der Waals surface area contributed by atoms with Crippen molar-refractivity contribution in [3.8, 4) is 17.6 Å². The van der Waals surface area contributed by atoms with Gasteiger partial charge in [0.05, 0.1) is 12.0 Å². The van der Waals surface area contributed by atoms with Gasteiger partial charge in [-0.25, -0.2) is 0 Å². The van der Waals surface area contributed by atoms with Crippen LogP contribution in [0.15, 0.2) is 84.4 Å². The van der Waals surface area contributed by atoms with Crippen molar-refractivity contribution in [2.45, 2.75) is 13.5 Å². The molecule has 37 heavy (non-hydrogen) atoms. The summed E-state index contributed by atoms with van der Waals surface area (Å²) >= 11 is 0. The van der Waals surface area contributed by atoms with E-state index in [4.69, 9.17) is 9.47 Å². The van der Waals surface area contributed by atoms with Crippen LogP contribution in [0, 0.1) is 28.4 Å². The van der Waals surface area contributed by atoms with E-state index in [-0.39, 0.29) is 11.3 Å². The molecule has 0 aliphatic rings. The van der Waals surface area contributed by atoms with Crippen LogP contribution in [0.25, 0.3) is 16.8 Å². The van der Waals surface area contributed by atoms with Crippen LogP contribution in [0.4, 0.5) is 11.4 Å². The van der Waals surface area contributed by atoms with E-state index in [1.54, 1.807) is 25.1 Å². The second-order valence-corrected chi connectivity index (χ2v) is 8.22. The molecule has 0 spiro atoms. The third-order valence-corrected chi connectivity index (χ3v) is 5.80. The number of rotatable bonds is 8. The lowest BCUT2D eigenvalue weighted by Crippen LogP contribution is -2.14. The number of anilines is 1. The highest BCUT2D eigenvalue weighted by Gasteiger charge is 2.14. The topological polar surface area (TPSA) is 114 Å². The SMILES string of the molecule is COc1cc(C=C(C#N)C(=O)Nc2ccc([N+](=O)[O-])cc2C)ccc1OCc1cccc2ccccc12. The number of nitro groups is 1. The number of nitrogens with one attached hydrogen (secondary N) is 1. The number of carbonyl (C=O) groups excluding carboxylic acids is 1. The van der Waals surface area contributed by atoms with Crippen molar-refractivity contribution in [2.24, 2.45) is 0 Å². The van der Waals surface area contributed by atoms with Crippen molar-refractivity contribution in [3.05, 3.63) is 111 Å². The van der Waals surface area contributed by atoms with Gasteiger partial charge in [-0.1, -0.05) is 48.5 Å². The summed E-state index contributed by atoms with van der Waals surface area (Å²) in [5.41, 5.74) is 2.28. The first-order chi connectivity index (χ1) is 17.9. The Kier molecular flexibility index (Phi) is 7.45. The van der Waals surface area contributed by atoms with Gasteiger partial charge < -0.3 is 14.8 Å². The van der Waals surface area contributed by atoms with Crippen molar-refractivity contribution < 1.29 is 19.2 Å². The van der Waals surface area contributed by atoms with Crippen molar-refractivity contribution in [3.63, 3.8) is 0 Å². The van der Waals surface area contributed by atoms with Gasteiger partial charge in [-0.3, -0.25) is 14.9 Å². The van der Waals surface area contributed by atoms with Crippen LogP contribution in [0.5, 0.6) is 11.5 Å². The summed E-state index contributed by atoms with van der Waals surface area (Å²) in [4.78, 5) is 23.1. The lowest BCUT2D eigenvalue weighted by atomic mass is 10.1. The molecule has 0 heterocycles. The number of amides is 1. The normalized spacial score (nSPS) is 11.0. The molecule has 4 rings (SSSR count). The maximum atomic E-state index is 12.7. The van der Waals surface area contributed by atoms with Crippen LogP contribution < -0.4 is 14.8 Å². The molecule has 0 aliphatic carbocycles. The highest BCUT2D eigenvalue weighted by molar-refractivity contribution is 6.10. The van der Waals surface area contributed by atoms with Crippen LogP contribution in [0.3, 0.4) is 0 Å². The summed E-state index contributed by atoms with van der Waals surface area (Å²) < 4.78 is 11.5. The average Bonchev–Trinajstić information content (AvgIpc) is 2.91. The lowest BCUT2D eigenvalue weighted by Gasteiger charge is -2.13. The second kappa shape index (κ2) is 11.1. The maximum Gasteiger partial charge on any atom is 0.269 e. The largest absolute Gasteiger partial charge is 0.493 e. The molecule has 0 saturated heterocycles. The number of carbonyl (C=O) groups is 1. The molecule has 0 unspecified atom stereocenters. The zero-order chi connectivity index (χ0) is 26.4. The van der Waals surface area contributed by atoms with Gasteiger partial charge in [-0.2, -0.15) is 5.26 Å². The molecule has 1 amide bonds. The van der Waals surface area contributed by atoms with E-state index in [2.05, 4.69) is 5.32 Å². The molecule has 8 heteroatoms. The molecular weight excluding hydrogens is 470 g/mol. The Hall–Kier alpha value is -5.16. The molecule has 0 aromatic heterocycles. The Morgan fingerprint density at radius 2 is 1.84 bits per heavy atom. The number of non-ortho nitro benzene ring substituents is 1. The summed E-state index contributed by atoms with van der Waals surface area (Å²) in [5.74, 6) is 0.352. The number of methoxy groups -OCH3 is 1. The number of fused-ring (bicyclic) bond motifs is 1. The fraction of sp³-hybridized carbons (Fsp3) is 0.103. The summed E-state index contributed by atoms with van der Waals surface area (Å²) in [6.07, 6.45) is 1.44. The predicted octanol–water partition coefficient (Wildman–Crippen LogP) is 6.19. The van der Waals surface area contributed by atoms with Gasteiger partial charge in [-0.15, -0.1) is 0 Å². The van der Waals surface area contributed by atoms with Crippen molar-refractivity contribution >= 4 is 34.1 Å². The highest BCUT2D eigenvalue weighted by Crippen LogP contribution is 2.31. The second-order valence-electron chi connectivity index (χ2n) is 8.22. The Bertz CT molecular complexity index is 1560. The lowest BCUT2D eigenvalue weighted by molar-refractivity contribution is -0.384.